The Labute approximate surface area is 101 Å². The zero-order chi connectivity index (χ0) is 10.3. The summed E-state index contributed by atoms with van der Waals surface area (Å²) in [4.78, 5) is 4.44. The van der Waals surface area contributed by atoms with Crippen molar-refractivity contribution >= 4 is 27.3 Å². The molecule has 1 aliphatic carbocycles. The number of halogens is 1. The molecule has 0 spiro atoms. The molecule has 0 bridgehead atoms. The van der Waals surface area contributed by atoms with Gasteiger partial charge < -0.3 is 0 Å². The summed E-state index contributed by atoms with van der Waals surface area (Å²) < 4.78 is 0.933. The number of benzene rings is 1. The molecule has 1 aromatic heterocycles. The summed E-state index contributed by atoms with van der Waals surface area (Å²) in [7, 11) is 0. The van der Waals surface area contributed by atoms with Crippen LogP contribution in [0.1, 0.15) is 17.5 Å². The van der Waals surface area contributed by atoms with Gasteiger partial charge in [0.05, 0.1) is 0 Å². The molecule has 15 heavy (non-hydrogen) atoms. The van der Waals surface area contributed by atoms with Gasteiger partial charge in [-0.1, -0.05) is 12.1 Å². The number of hydrogen-bond donors (Lipinski definition) is 0. The average Bonchev–Trinajstić information content (AvgIpc) is 2.84. The number of aromatic nitrogens is 1. The number of thiazole rings is 1. The Kier molecular flexibility index (Phi) is 2.37. The molecule has 76 valence electrons. The summed E-state index contributed by atoms with van der Waals surface area (Å²) in [6.45, 7) is 0. The van der Waals surface area contributed by atoms with Crippen molar-refractivity contribution in [2.24, 2.45) is 0 Å². The Balaban J connectivity index is 2.06. The van der Waals surface area contributed by atoms with E-state index in [9.17, 15) is 0 Å². The molecule has 1 heterocycles. The van der Waals surface area contributed by atoms with Gasteiger partial charge in [0.1, 0.15) is 9.61 Å². The van der Waals surface area contributed by atoms with Crippen LogP contribution in [0.2, 0.25) is 0 Å². The molecule has 0 unspecified atom stereocenters. The Bertz CT molecular complexity index is 504. The van der Waals surface area contributed by atoms with Crippen molar-refractivity contribution in [2.75, 3.05) is 0 Å². The molecule has 3 heteroatoms. The van der Waals surface area contributed by atoms with Crippen LogP contribution in [0, 0.1) is 0 Å². The van der Waals surface area contributed by atoms with E-state index in [-0.39, 0.29) is 0 Å². The summed E-state index contributed by atoms with van der Waals surface area (Å²) in [5, 5.41) is 3.14. The highest BCUT2D eigenvalue weighted by molar-refractivity contribution is 9.10. The fraction of sp³-hybridized carbons (Fsp3) is 0.250. The largest absolute Gasteiger partial charge is 0.229 e. The normalized spacial score (nSPS) is 14.2. The highest BCUT2D eigenvalue weighted by Gasteiger charge is 2.12. The third-order valence-electron chi connectivity index (χ3n) is 2.82. The van der Waals surface area contributed by atoms with Gasteiger partial charge in [-0.3, -0.25) is 0 Å². The van der Waals surface area contributed by atoms with E-state index >= 15 is 0 Å². The van der Waals surface area contributed by atoms with Crippen LogP contribution in [0.15, 0.2) is 28.2 Å². The van der Waals surface area contributed by atoms with E-state index in [0.29, 0.717) is 0 Å². The molecular formula is C12H10BrNS. The van der Waals surface area contributed by atoms with Crippen LogP contribution in [-0.2, 0) is 12.8 Å². The summed E-state index contributed by atoms with van der Waals surface area (Å²) >= 11 is 5.08. The maximum atomic E-state index is 4.44. The van der Waals surface area contributed by atoms with Crippen molar-refractivity contribution in [3.63, 3.8) is 0 Å². The smallest absolute Gasteiger partial charge is 0.124 e. The molecule has 1 nitrogen and oxygen atoms in total. The van der Waals surface area contributed by atoms with E-state index < -0.39 is 0 Å². The lowest BCUT2D eigenvalue weighted by Gasteiger charge is -2.01. The summed E-state index contributed by atoms with van der Waals surface area (Å²) in [5.74, 6) is 0. The van der Waals surface area contributed by atoms with Crippen molar-refractivity contribution in [3.8, 4) is 10.6 Å². The quantitative estimate of drug-likeness (QED) is 0.767. The lowest BCUT2D eigenvalue weighted by atomic mass is 10.1. The van der Waals surface area contributed by atoms with Crippen LogP contribution in [0.3, 0.4) is 0 Å². The number of aryl methyl sites for hydroxylation is 2. The van der Waals surface area contributed by atoms with Crippen LogP contribution >= 0.6 is 27.3 Å². The number of nitrogens with zero attached hydrogens (tertiary/aromatic N) is 1. The van der Waals surface area contributed by atoms with Gasteiger partial charge in [0.25, 0.3) is 0 Å². The number of fused-ring (bicyclic) bond motifs is 1. The van der Waals surface area contributed by atoms with Crippen molar-refractivity contribution in [1.29, 1.82) is 0 Å². The minimum Gasteiger partial charge on any atom is -0.229 e. The first-order chi connectivity index (χ1) is 7.33. The number of hydrogen-bond acceptors (Lipinski definition) is 2. The fourth-order valence-corrected chi connectivity index (χ4v) is 3.34. The SMILES string of the molecule is Brc1csc(-c2ccc3c(c2)CCC3)n1. The second-order valence-electron chi connectivity index (χ2n) is 3.81. The van der Waals surface area contributed by atoms with Gasteiger partial charge in [-0.15, -0.1) is 11.3 Å². The zero-order valence-electron chi connectivity index (χ0n) is 8.16. The Morgan fingerprint density at radius 1 is 1.20 bits per heavy atom. The van der Waals surface area contributed by atoms with Crippen LogP contribution in [-0.4, -0.2) is 4.98 Å². The van der Waals surface area contributed by atoms with Crippen molar-refractivity contribution < 1.29 is 0 Å². The van der Waals surface area contributed by atoms with Crippen LogP contribution in [0.4, 0.5) is 0 Å². The van der Waals surface area contributed by atoms with Crippen LogP contribution in [0.25, 0.3) is 10.6 Å². The van der Waals surface area contributed by atoms with Crippen molar-refractivity contribution in [3.05, 3.63) is 39.3 Å². The first kappa shape index (κ1) is 9.55. The fourth-order valence-electron chi connectivity index (χ4n) is 2.09. The summed E-state index contributed by atoms with van der Waals surface area (Å²) in [6, 6.07) is 6.75. The molecule has 0 saturated carbocycles. The van der Waals surface area contributed by atoms with Crippen molar-refractivity contribution in [2.45, 2.75) is 19.3 Å². The van der Waals surface area contributed by atoms with Gasteiger partial charge in [0, 0.05) is 10.9 Å². The Morgan fingerprint density at radius 2 is 2.07 bits per heavy atom. The van der Waals surface area contributed by atoms with Gasteiger partial charge in [-0.25, -0.2) is 4.98 Å². The maximum absolute atomic E-state index is 4.44. The molecule has 2 aromatic rings. The zero-order valence-corrected chi connectivity index (χ0v) is 10.6. The molecule has 0 N–H and O–H groups in total. The lowest BCUT2D eigenvalue weighted by molar-refractivity contribution is 0.912. The predicted molar refractivity (Wildman–Crippen MR) is 67.3 cm³/mol. The molecule has 0 radical (unpaired) electrons. The summed E-state index contributed by atoms with van der Waals surface area (Å²) in [5.41, 5.74) is 4.29. The van der Waals surface area contributed by atoms with E-state index in [1.54, 1.807) is 11.3 Å². The number of rotatable bonds is 1. The predicted octanol–water partition coefficient (Wildman–Crippen LogP) is 4.06. The molecule has 0 atom stereocenters. The summed E-state index contributed by atoms with van der Waals surface area (Å²) in [6.07, 6.45) is 3.78. The first-order valence-corrected chi connectivity index (χ1v) is 6.73. The van der Waals surface area contributed by atoms with Gasteiger partial charge >= 0.3 is 0 Å². The van der Waals surface area contributed by atoms with E-state index in [1.807, 2.05) is 5.38 Å². The molecule has 0 amide bonds. The van der Waals surface area contributed by atoms with Crippen LogP contribution in [0.5, 0.6) is 0 Å². The van der Waals surface area contributed by atoms with E-state index in [0.717, 1.165) is 9.61 Å². The molecule has 1 aromatic carbocycles. The van der Waals surface area contributed by atoms with Crippen molar-refractivity contribution in [1.82, 2.24) is 4.98 Å². The minimum atomic E-state index is 0.933. The third-order valence-corrected chi connectivity index (χ3v) is 4.42. The molecular weight excluding hydrogens is 270 g/mol. The van der Waals surface area contributed by atoms with Gasteiger partial charge in [0.15, 0.2) is 0 Å². The van der Waals surface area contributed by atoms with Crippen LogP contribution < -0.4 is 0 Å². The topological polar surface area (TPSA) is 12.9 Å². The molecule has 0 aliphatic heterocycles. The second-order valence-corrected chi connectivity index (χ2v) is 5.48. The highest BCUT2D eigenvalue weighted by Crippen LogP contribution is 2.30. The molecule has 3 rings (SSSR count). The van der Waals surface area contributed by atoms with E-state index in [4.69, 9.17) is 0 Å². The Morgan fingerprint density at radius 3 is 2.87 bits per heavy atom. The van der Waals surface area contributed by atoms with Gasteiger partial charge in [-0.05, 0) is 52.4 Å². The Hall–Kier alpha value is -0.670. The first-order valence-electron chi connectivity index (χ1n) is 5.06. The highest BCUT2D eigenvalue weighted by atomic mass is 79.9. The molecule has 0 saturated heterocycles. The minimum absolute atomic E-state index is 0.933. The van der Waals surface area contributed by atoms with Gasteiger partial charge in [0.2, 0.25) is 0 Å². The third kappa shape index (κ3) is 1.74. The second kappa shape index (κ2) is 3.72. The lowest BCUT2D eigenvalue weighted by Crippen LogP contribution is -1.83. The maximum Gasteiger partial charge on any atom is 0.124 e. The standard InChI is InChI=1S/C12H10BrNS/c13-11-7-15-12(14-11)10-5-4-8-2-1-3-9(8)6-10/h4-7H,1-3H2. The molecule has 1 aliphatic rings. The average molecular weight is 280 g/mol. The van der Waals surface area contributed by atoms with E-state index in [2.05, 4.69) is 39.1 Å². The monoisotopic (exact) mass is 279 g/mol. The van der Waals surface area contributed by atoms with Gasteiger partial charge in [-0.2, -0.15) is 0 Å². The van der Waals surface area contributed by atoms with E-state index in [1.165, 1.54) is 36.0 Å². The molecule has 0 fully saturated rings.